The predicted octanol–water partition coefficient (Wildman–Crippen LogP) is 4.65. The minimum absolute atomic E-state index is 0.551. The van der Waals surface area contributed by atoms with Crippen LogP contribution in [0.2, 0.25) is 0 Å². The standard InChI is InChI=1S/C15H18BrN3OS/c16-12-8-10(6-7-13(12)17)15-18-14(19-20-15)9-21-11-4-2-1-3-5-11/h6-8,11H,1-5,9,17H2. The number of nitrogen functional groups attached to an aromatic ring is 1. The van der Waals surface area contributed by atoms with Crippen LogP contribution >= 0.6 is 27.7 Å². The van der Waals surface area contributed by atoms with E-state index in [2.05, 4.69) is 26.1 Å². The van der Waals surface area contributed by atoms with Gasteiger partial charge < -0.3 is 10.3 Å². The van der Waals surface area contributed by atoms with Crippen LogP contribution in [0.1, 0.15) is 37.9 Å². The van der Waals surface area contributed by atoms with Crippen LogP contribution in [0.3, 0.4) is 0 Å². The number of nitrogens with two attached hydrogens (primary N) is 1. The summed E-state index contributed by atoms with van der Waals surface area (Å²) in [6.45, 7) is 0. The van der Waals surface area contributed by atoms with Crippen molar-refractivity contribution in [1.82, 2.24) is 10.1 Å². The van der Waals surface area contributed by atoms with Gasteiger partial charge in [-0.15, -0.1) is 0 Å². The number of halogens is 1. The fourth-order valence-corrected chi connectivity index (χ4v) is 4.06. The smallest absolute Gasteiger partial charge is 0.257 e. The SMILES string of the molecule is Nc1ccc(-c2nc(CSC3CCCCC3)no2)cc1Br. The molecule has 4 nitrogen and oxygen atoms in total. The molecule has 0 bridgehead atoms. The third kappa shape index (κ3) is 3.80. The molecule has 1 aromatic carbocycles. The van der Waals surface area contributed by atoms with Crippen molar-refractivity contribution in [3.05, 3.63) is 28.5 Å². The molecule has 6 heteroatoms. The summed E-state index contributed by atoms with van der Waals surface area (Å²) in [5.41, 5.74) is 7.37. The zero-order valence-electron chi connectivity index (χ0n) is 11.7. The van der Waals surface area contributed by atoms with E-state index in [-0.39, 0.29) is 0 Å². The minimum atomic E-state index is 0.551. The van der Waals surface area contributed by atoms with Gasteiger partial charge >= 0.3 is 0 Å². The van der Waals surface area contributed by atoms with Gasteiger partial charge in [0.2, 0.25) is 0 Å². The molecule has 3 rings (SSSR count). The molecule has 0 amide bonds. The lowest BCUT2D eigenvalue weighted by molar-refractivity contribution is 0.425. The Balaban J connectivity index is 1.63. The van der Waals surface area contributed by atoms with Crippen LogP contribution in [-0.4, -0.2) is 15.4 Å². The van der Waals surface area contributed by atoms with Gasteiger partial charge in [-0.3, -0.25) is 0 Å². The van der Waals surface area contributed by atoms with E-state index in [1.165, 1.54) is 32.1 Å². The Bertz CT molecular complexity index is 611. The lowest BCUT2D eigenvalue weighted by atomic mass is 10.0. The van der Waals surface area contributed by atoms with E-state index in [1.807, 2.05) is 30.0 Å². The number of rotatable bonds is 4. The van der Waals surface area contributed by atoms with Crippen molar-refractivity contribution in [2.75, 3.05) is 5.73 Å². The van der Waals surface area contributed by atoms with Crippen LogP contribution in [0.15, 0.2) is 27.2 Å². The molecule has 0 aliphatic heterocycles. The summed E-state index contributed by atoms with van der Waals surface area (Å²) in [6.07, 6.45) is 6.74. The molecule has 1 heterocycles. The molecule has 0 atom stereocenters. The number of benzene rings is 1. The topological polar surface area (TPSA) is 64.9 Å². The zero-order chi connectivity index (χ0) is 14.7. The summed E-state index contributed by atoms with van der Waals surface area (Å²) in [5.74, 6) is 2.15. The highest BCUT2D eigenvalue weighted by Crippen LogP contribution is 2.31. The monoisotopic (exact) mass is 367 g/mol. The molecule has 0 unspecified atom stereocenters. The number of nitrogens with zero attached hydrogens (tertiary/aromatic N) is 2. The van der Waals surface area contributed by atoms with Crippen LogP contribution in [0, 0.1) is 0 Å². The number of aromatic nitrogens is 2. The average molecular weight is 368 g/mol. The van der Waals surface area contributed by atoms with E-state index in [4.69, 9.17) is 10.3 Å². The van der Waals surface area contributed by atoms with Crippen molar-refractivity contribution in [2.24, 2.45) is 0 Å². The summed E-state index contributed by atoms with van der Waals surface area (Å²) in [7, 11) is 0. The molecule has 1 fully saturated rings. The fourth-order valence-electron chi connectivity index (χ4n) is 2.51. The van der Waals surface area contributed by atoms with Crippen molar-refractivity contribution in [3.63, 3.8) is 0 Å². The van der Waals surface area contributed by atoms with Crippen molar-refractivity contribution < 1.29 is 4.52 Å². The first-order chi connectivity index (χ1) is 10.2. The second-order valence-corrected chi connectivity index (χ2v) is 7.47. The number of thioether (sulfide) groups is 1. The van der Waals surface area contributed by atoms with E-state index in [0.717, 1.165) is 26.9 Å². The maximum atomic E-state index is 5.79. The van der Waals surface area contributed by atoms with Gasteiger partial charge in [-0.05, 0) is 47.0 Å². The largest absolute Gasteiger partial charge is 0.398 e. The third-order valence-electron chi connectivity index (χ3n) is 3.72. The normalized spacial score (nSPS) is 16.2. The highest BCUT2D eigenvalue weighted by Gasteiger charge is 2.16. The van der Waals surface area contributed by atoms with Crippen LogP contribution in [0.25, 0.3) is 11.5 Å². The first-order valence-electron chi connectivity index (χ1n) is 7.22. The van der Waals surface area contributed by atoms with E-state index in [0.29, 0.717) is 11.6 Å². The summed E-state index contributed by atoms with van der Waals surface area (Å²) >= 11 is 5.36. The van der Waals surface area contributed by atoms with Crippen molar-refractivity contribution in [3.8, 4) is 11.5 Å². The third-order valence-corrected chi connectivity index (χ3v) is 5.77. The molecule has 1 aliphatic rings. The molecular formula is C15H18BrN3OS. The highest BCUT2D eigenvalue weighted by molar-refractivity contribution is 9.10. The van der Waals surface area contributed by atoms with Crippen molar-refractivity contribution in [1.29, 1.82) is 0 Å². The molecule has 0 spiro atoms. The van der Waals surface area contributed by atoms with E-state index in [9.17, 15) is 0 Å². The Morgan fingerprint density at radius 3 is 2.86 bits per heavy atom. The molecule has 0 radical (unpaired) electrons. The molecule has 112 valence electrons. The van der Waals surface area contributed by atoms with Crippen molar-refractivity contribution >= 4 is 33.4 Å². The van der Waals surface area contributed by atoms with Gasteiger partial charge in [0.1, 0.15) is 0 Å². The van der Waals surface area contributed by atoms with E-state index >= 15 is 0 Å². The lowest BCUT2D eigenvalue weighted by Crippen LogP contribution is -2.08. The van der Waals surface area contributed by atoms with Crippen LogP contribution in [-0.2, 0) is 5.75 Å². The Labute approximate surface area is 137 Å². The molecule has 2 aromatic rings. The fraction of sp³-hybridized carbons (Fsp3) is 0.467. The molecule has 1 aliphatic carbocycles. The molecule has 21 heavy (non-hydrogen) atoms. The van der Waals surface area contributed by atoms with Gasteiger partial charge in [0.25, 0.3) is 5.89 Å². The number of hydrogen-bond acceptors (Lipinski definition) is 5. The van der Waals surface area contributed by atoms with E-state index < -0.39 is 0 Å². The van der Waals surface area contributed by atoms with Gasteiger partial charge in [0.05, 0.1) is 5.75 Å². The Morgan fingerprint density at radius 1 is 1.29 bits per heavy atom. The maximum absolute atomic E-state index is 5.79. The second kappa shape index (κ2) is 6.83. The van der Waals surface area contributed by atoms with Gasteiger partial charge in [-0.2, -0.15) is 16.7 Å². The zero-order valence-corrected chi connectivity index (χ0v) is 14.1. The minimum Gasteiger partial charge on any atom is -0.398 e. The van der Waals surface area contributed by atoms with Crippen LogP contribution in [0.4, 0.5) is 5.69 Å². The van der Waals surface area contributed by atoms with Gasteiger partial charge in [-0.1, -0.05) is 24.4 Å². The van der Waals surface area contributed by atoms with Gasteiger partial charge in [-0.25, -0.2) is 0 Å². The molecule has 1 aromatic heterocycles. The van der Waals surface area contributed by atoms with E-state index in [1.54, 1.807) is 0 Å². The van der Waals surface area contributed by atoms with Crippen LogP contribution < -0.4 is 5.73 Å². The summed E-state index contributed by atoms with van der Waals surface area (Å²) < 4.78 is 6.19. The Morgan fingerprint density at radius 2 is 2.10 bits per heavy atom. The summed E-state index contributed by atoms with van der Waals surface area (Å²) in [6, 6.07) is 5.63. The first-order valence-corrected chi connectivity index (χ1v) is 9.06. The number of hydrogen-bond donors (Lipinski definition) is 1. The number of anilines is 1. The van der Waals surface area contributed by atoms with Crippen LogP contribution in [0.5, 0.6) is 0 Å². The lowest BCUT2D eigenvalue weighted by Gasteiger charge is -2.19. The van der Waals surface area contributed by atoms with Gasteiger partial charge in [0.15, 0.2) is 5.82 Å². The molecule has 0 saturated heterocycles. The summed E-state index contributed by atoms with van der Waals surface area (Å²) in [5, 5.41) is 4.83. The molecular weight excluding hydrogens is 350 g/mol. The van der Waals surface area contributed by atoms with Crippen molar-refractivity contribution in [2.45, 2.75) is 43.1 Å². The quantitative estimate of drug-likeness (QED) is 0.796. The average Bonchev–Trinajstić information content (AvgIpc) is 2.98. The Kier molecular flexibility index (Phi) is 4.85. The Hall–Kier alpha value is -1.01. The first kappa shape index (κ1) is 14.9. The molecule has 1 saturated carbocycles. The van der Waals surface area contributed by atoms with Gasteiger partial charge in [0, 0.05) is 21.0 Å². The summed E-state index contributed by atoms with van der Waals surface area (Å²) in [4.78, 5) is 4.48. The second-order valence-electron chi connectivity index (χ2n) is 5.32. The predicted molar refractivity (Wildman–Crippen MR) is 90.0 cm³/mol. The molecule has 2 N–H and O–H groups in total. The maximum Gasteiger partial charge on any atom is 0.257 e. The highest BCUT2D eigenvalue weighted by atomic mass is 79.9.